The average molecular weight is 702 g/mol. The van der Waals surface area contributed by atoms with E-state index in [2.05, 4.69) is 154 Å². The second-order valence-electron chi connectivity index (χ2n) is 14.9. The van der Waals surface area contributed by atoms with E-state index in [4.69, 9.17) is 9.98 Å². The van der Waals surface area contributed by atoms with Crippen molar-refractivity contribution in [2.45, 2.75) is 79.8 Å². The fourth-order valence-electron chi connectivity index (χ4n) is 5.45. The smallest absolute Gasteiger partial charge is 0.342 e. The van der Waals surface area contributed by atoms with Gasteiger partial charge in [-0.1, -0.05) is 112 Å². The molecule has 0 aromatic heterocycles. The Labute approximate surface area is 298 Å². The standard InChI is InChI=1S/C34H32N2.2C4H11Si.Ni/c1-7-11-25-17-21(3)31(22(4)18-25)35-33-28-15-9-13-27-14-10-16-29(30(27)28)34(33)36-32-23(5)19-26(12-8-2)20-24(32)6;2*1-5(2,3)4;/h7-10,13-20H,1-2,11-12H2,3-6H3;2*1H2,2-4H3;/q;2*-1;+2. The van der Waals surface area contributed by atoms with Gasteiger partial charge in [-0.15, -0.1) is 29.3 Å². The molecule has 0 heterocycles. The minimum atomic E-state index is -0.861. The molecule has 2 nitrogen and oxygen atoms in total. The van der Waals surface area contributed by atoms with Gasteiger partial charge in [0.15, 0.2) is 0 Å². The van der Waals surface area contributed by atoms with Crippen LogP contribution in [0.4, 0.5) is 11.4 Å². The Bertz CT molecular complexity index is 1610. The molecule has 0 fully saturated rings. The van der Waals surface area contributed by atoms with Crippen molar-refractivity contribution in [1.29, 1.82) is 0 Å². The summed E-state index contributed by atoms with van der Waals surface area (Å²) in [4.78, 5) is 10.7. The molecule has 1 aliphatic rings. The summed E-state index contributed by atoms with van der Waals surface area (Å²) >= 11 is 0. The normalized spacial score (nSPS) is 13.8. The maximum Gasteiger partial charge on any atom is 2.00 e. The molecular formula is C42H54N2NiSi2. The molecule has 0 saturated heterocycles. The van der Waals surface area contributed by atoms with Crippen molar-refractivity contribution in [3.8, 4) is 0 Å². The summed E-state index contributed by atoms with van der Waals surface area (Å²) in [5.41, 5.74) is 13.4. The van der Waals surface area contributed by atoms with Gasteiger partial charge in [-0.05, 0) is 79.3 Å². The van der Waals surface area contributed by atoms with Gasteiger partial charge in [0, 0.05) is 16.5 Å². The van der Waals surface area contributed by atoms with E-state index in [0.717, 1.165) is 46.8 Å². The van der Waals surface area contributed by atoms with E-state index in [1.165, 1.54) is 44.2 Å². The molecular weight excluding hydrogens is 647 g/mol. The Morgan fingerprint density at radius 1 is 0.596 bits per heavy atom. The Kier molecular flexibility index (Phi) is 14.3. The number of aliphatic imine (C=N–C) groups is 2. The largest absolute Gasteiger partial charge is 2.00 e. The number of aryl methyl sites for hydroxylation is 4. The van der Waals surface area contributed by atoms with Crippen LogP contribution in [0, 0.1) is 40.8 Å². The Morgan fingerprint density at radius 2 is 0.894 bits per heavy atom. The molecule has 0 bridgehead atoms. The van der Waals surface area contributed by atoms with Crippen molar-refractivity contribution >= 4 is 49.7 Å². The first-order valence-corrected chi connectivity index (χ1v) is 23.7. The van der Waals surface area contributed by atoms with Gasteiger partial charge < -0.3 is 13.1 Å². The molecule has 0 radical (unpaired) electrons. The number of allylic oxidation sites excluding steroid dienone is 2. The summed E-state index contributed by atoms with van der Waals surface area (Å²) in [6.07, 6.45) is 5.61. The van der Waals surface area contributed by atoms with Crippen LogP contribution in [0.2, 0.25) is 39.3 Å². The second kappa shape index (κ2) is 16.8. The molecule has 5 heteroatoms. The average Bonchev–Trinajstić information content (AvgIpc) is 3.21. The summed E-state index contributed by atoms with van der Waals surface area (Å²) in [6, 6.07) is 21.8. The van der Waals surface area contributed by atoms with E-state index < -0.39 is 16.1 Å². The van der Waals surface area contributed by atoms with Gasteiger partial charge in [-0.2, -0.15) is 0 Å². The Hall–Kier alpha value is -3.11. The SMILES string of the molecule is C=CCc1cc(C)c(N=C2C(=Nc3c(C)cc(CC=C)cc3C)c3cccc4cccc2c34)c(C)c1.[CH2-][Si](C)(C)C.[CH2-][Si](C)(C)C.[Ni+2]. The van der Waals surface area contributed by atoms with Crippen LogP contribution in [0.3, 0.4) is 0 Å². The van der Waals surface area contributed by atoms with E-state index >= 15 is 0 Å². The number of rotatable bonds is 6. The Balaban J connectivity index is 0.000000612. The number of hydrogen-bond donors (Lipinski definition) is 0. The van der Waals surface area contributed by atoms with Crippen molar-refractivity contribution in [1.82, 2.24) is 0 Å². The monoisotopic (exact) mass is 700 g/mol. The molecule has 0 spiro atoms. The van der Waals surface area contributed by atoms with Crippen molar-refractivity contribution in [3.63, 3.8) is 0 Å². The first-order chi connectivity index (χ1) is 21.4. The van der Waals surface area contributed by atoms with Crippen LogP contribution < -0.4 is 0 Å². The molecule has 47 heavy (non-hydrogen) atoms. The summed E-state index contributed by atoms with van der Waals surface area (Å²) in [7, 11) is -1.72. The minimum Gasteiger partial charge on any atom is -0.342 e. The topological polar surface area (TPSA) is 24.7 Å². The summed E-state index contributed by atoms with van der Waals surface area (Å²) < 4.78 is 0. The van der Waals surface area contributed by atoms with Gasteiger partial charge in [-0.25, -0.2) is 9.98 Å². The Morgan fingerprint density at radius 3 is 1.17 bits per heavy atom. The van der Waals surface area contributed by atoms with Crippen LogP contribution in [0.1, 0.15) is 44.5 Å². The van der Waals surface area contributed by atoms with E-state index in [9.17, 15) is 0 Å². The molecule has 250 valence electrons. The second-order valence-corrected chi connectivity index (χ2v) is 25.1. The quantitative estimate of drug-likeness (QED) is 0.109. The van der Waals surface area contributed by atoms with Crippen LogP contribution in [0.15, 0.2) is 96.0 Å². The van der Waals surface area contributed by atoms with Gasteiger partial charge >= 0.3 is 16.5 Å². The fourth-order valence-corrected chi connectivity index (χ4v) is 5.45. The summed E-state index contributed by atoms with van der Waals surface area (Å²) in [6.45, 7) is 37.5. The molecule has 0 atom stereocenters. The predicted octanol–water partition coefficient (Wildman–Crippen LogP) is 12.2. The molecule has 5 rings (SSSR count). The third kappa shape index (κ3) is 11.5. The number of benzene rings is 4. The first-order valence-electron chi connectivity index (χ1n) is 16.2. The van der Waals surface area contributed by atoms with Crippen LogP contribution in [-0.2, 0) is 29.3 Å². The number of nitrogens with zero attached hydrogens (tertiary/aromatic N) is 2. The molecule has 0 aliphatic heterocycles. The van der Waals surface area contributed by atoms with Crippen molar-refractivity contribution in [2.24, 2.45) is 9.98 Å². The zero-order chi connectivity index (χ0) is 34.4. The van der Waals surface area contributed by atoms with E-state index in [1.807, 2.05) is 12.2 Å². The van der Waals surface area contributed by atoms with Crippen molar-refractivity contribution in [2.75, 3.05) is 0 Å². The molecule has 4 aromatic rings. The molecule has 4 aromatic carbocycles. The molecule has 0 unspecified atom stereocenters. The van der Waals surface area contributed by atoms with Gasteiger partial charge in [0.25, 0.3) is 0 Å². The first kappa shape index (κ1) is 40.1. The van der Waals surface area contributed by atoms with Gasteiger partial charge in [0.2, 0.25) is 0 Å². The van der Waals surface area contributed by atoms with Crippen LogP contribution in [0.5, 0.6) is 0 Å². The van der Waals surface area contributed by atoms with Gasteiger partial charge in [-0.3, -0.25) is 0 Å². The molecule has 0 saturated carbocycles. The molecule has 0 amide bonds. The van der Waals surface area contributed by atoms with E-state index in [1.54, 1.807) is 0 Å². The summed E-state index contributed by atoms with van der Waals surface area (Å²) in [5, 5.41) is 2.45. The maximum absolute atomic E-state index is 5.33. The van der Waals surface area contributed by atoms with Crippen LogP contribution >= 0.6 is 0 Å². The van der Waals surface area contributed by atoms with Crippen molar-refractivity contribution < 1.29 is 16.5 Å². The van der Waals surface area contributed by atoms with E-state index in [0.29, 0.717) is 0 Å². The molecule has 1 aliphatic carbocycles. The number of hydrogen-bond acceptors (Lipinski definition) is 2. The minimum absolute atomic E-state index is 0. The summed E-state index contributed by atoms with van der Waals surface area (Å²) in [5.74, 6) is 0. The van der Waals surface area contributed by atoms with Crippen LogP contribution in [-0.4, -0.2) is 27.6 Å². The molecule has 0 N–H and O–H groups in total. The third-order valence-corrected chi connectivity index (χ3v) is 6.95. The van der Waals surface area contributed by atoms with Crippen molar-refractivity contribution in [3.05, 3.63) is 144 Å². The third-order valence-electron chi connectivity index (χ3n) is 6.95. The predicted molar refractivity (Wildman–Crippen MR) is 213 cm³/mol. The maximum atomic E-state index is 5.33. The van der Waals surface area contributed by atoms with Gasteiger partial charge in [0.1, 0.15) is 0 Å². The van der Waals surface area contributed by atoms with Crippen LogP contribution in [0.25, 0.3) is 10.8 Å². The fraction of sp³-hybridized carbons (Fsp3) is 0.286. The van der Waals surface area contributed by atoms with E-state index in [-0.39, 0.29) is 16.5 Å². The zero-order valence-electron chi connectivity index (χ0n) is 30.4. The zero-order valence-corrected chi connectivity index (χ0v) is 33.4. The van der Waals surface area contributed by atoms with Gasteiger partial charge in [0.05, 0.1) is 22.8 Å².